The zero-order valence-corrected chi connectivity index (χ0v) is 39.8. The number of fused-ring (bicyclic) bond motifs is 22. The SMILES string of the molecule is Cc1cc2c3cc(-c4ccc5oc6ccc(-c7ccc8c9ccccc9c9ccccc9c8c7)cc6c5c4)ccc3c3c(ccc4c3c3ccccc3n4-c3ccc4sc5ccccc5c4c3)c2cc1C. The molecule has 0 unspecified atom stereocenters. The van der Waals surface area contributed by atoms with Crippen LogP contribution in [0.3, 0.4) is 0 Å². The van der Waals surface area contributed by atoms with E-state index in [4.69, 9.17) is 4.42 Å². The summed E-state index contributed by atoms with van der Waals surface area (Å²) in [6.45, 7) is 4.49. The third-order valence-electron chi connectivity index (χ3n) is 15.8. The molecule has 0 aliphatic carbocycles. The van der Waals surface area contributed by atoms with Gasteiger partial charge in [-0.3, -0.25) is 0 Å². The van der Waals surface area contributed by atoms with E-state index in [1.165, 1.54) is 146 Å². The Morgan fingerprint density at radius 2 is 0.746 bits per heavy atom. The molecule has 330 valence electrons. The van der Waals surface area contributed by atoms with Gasteiger partial charge in [-0.25, -0.2) is 0 Å². The lowest BCUT2D eigenvalue weighted by Gasteiger charge is -2.16. The number of rotatable bonds is 3. The molecule has 13 aromatic carbocycles. The van der Waals surface area contributed by atoms with E-state index < -0.39 is 0 Å². The first-order chi connectivity index (χ1) is 35.0. The number of furan rings is 1. The Morgan fingerprint density at radius 1 is 0.296 bits per heavy atom. The fourth-order valence-electron chi connectivity index (χ4n) is 12.3. The Morgan fingerprint density at radius 3 is 1.39 bits per heavy atom. The van der Waals surface area contributed by atoms with Crippen molar-refractivity contribution in [2.45, 2.75) is 13.8 Å². The van der Waals surface area contributed by atoms with E-state index in [0.29, 0.717) is 0 Å². The largest absolute Gasteiger partial charge is 0.456 e. The molecule has 0 spiro atoms. The summed E-state index contributed by atoms with van der Waals surface area (Å²) in [4.78, 5) is 0. The lowest BCUT2D eigenvalue weighted by atomic mass is 9.88. The minimum absolute atomic E-state index is 0.894. The fraction of sp³-hybridized carbons (Fsp3) is 0.0294. The summed E-state index contributed by atoms with van der Waals surface area (Å²) in [5.41, 5.74) is 12.7. The van der Waals surface area contributed by atoms with E-state index in [0.717, 1.165) is 21.9 Å². The lowest BCUT2D eigenvalue weighted by Crippen LogP contribution is -1.94. The third kappa shape index (κ3) is 5.52. The Hall–Kier alpha value is -8.76. The molecule has 0 N–H and O–H groups in total. The molecule has 2 nitrogen and oxygen atoms in total. The smallest absolute Gasteiger partial charge is 0.135 e. The molecule has 0 bridgehead atoms. The summed E-state index contributed by atoms with van der Waals surface area (Å²) in [5.74, 6) is 0. The van der Waals surface area contributed by atoms with Gasteiger partial charge in [0.2, 0.25) is 0 Å². The summed E-state index contributed by atoms with van der Waals surface area (Å²) >= 11 is 1.87. The van der Waals surface area contributed by atoms with Crippen LogP contribution in [0.15, 0.2) is 217 Å². The highest BCUT2D eigenvalue weighted by molar-refractivity contribution is 7.25. The van der Waals surface area contributed by atoms with Crippen molar-refractivity contribution in [3.8, 4) is 27.9 Å². The van der Waals surface area contributed by atoms with Crippen molar-refractivity contribution in [3.63, 3.8) is 0 Å². The van der Waals surface area contributed by atoms with Gasteiger partial charge in [0.15, 0.2) is 0 Å². The van der Waals surface area contributed by atoms with Gasteiger partial charge in [-0.15, -0.1) is 11.3 Å². The maximum atomic E-state index is 6.55. The molecular weight excluding hydrogens is 879 g/mol. The van der Waals surface area contributed by atoms with Gasteiger partial charge in [0.25, 0.3) is 0 Å². The first-order valence-corrected chi connectivity index (χ1v) is 25.4. The average Bonchev–Trinajstić information content (AvgIpc) is 4.10. The van der Waals surface area contributed by atoms with Gasteiger partial charge in [-0.05, 0) is 179 Å². The quantitative estimate of drug-likeness (QED) is 0.162. The first kappa shape index (κ1) is 39.1. The van der Waals surface area contributed by atoms with Gasteiger partial charge in [0, 0.05) is 52.8 Å². The molecule has 0 saturated heterocycles. The van der Waals surface area contributed by atoms with Gasteiger partial charge >= 0.3 is 0 Å². The number of thiophene rings is 1. The Balaban J connectivity index is 0.890. The lowest BCUT2D eigenvalue weighted by molar-refractivity contribution is 0.669. The molecule has 3 aromatic heterocycles. The van der Waals surface area contributed by atoms with Crippen LogP contribution in [0.4, 0.5) is 0 Å². The summed E-state index contributed by atoms with van der Waals surface area (Å²) in [6, 6.07) is 79.4. The normalized spacial score (nSPS) is 12.4. The Labute approximate surface area is 411 Å². The van der Waals surface area contributed by atoms with Gasteiger partial charge in [0.05, 0.1) is 11.0 Å². The molecule has 0 radical (unpaired) electrons. The van der Waals surface area contributed by atoms with E-state index >= 15 is 0 Å². The Bertz CT molecular complexity index is 4990. The van der Waals surface area contributed by atoms with Crippen LogP contribution in [0.1, 0.15) is 11.1 Å². The van der Waals surface area contributed by atoms with Crippen LogP contribution in [0.2, 0.25) is 0 Å². The summed E-state index contributed by atoms with van der Waals surface area (Å²) in [6.07, 6.45) is 0. The van der Waals surface area contributed by atoms with Gasteiger partial charge < -0.3 is 8.98 Å². The van der Waals surface area contributed by atoms with E-state index in [2.05, 4.69) is 231 Å². The number of aryl methyl sites for hydroxylation is 2. The molecule has 0 amide bonds. The monoisotopic (exact) mass is 919 g/mol. The molecule has 3 heteroatoms. The van der Waals surface area contributed by atoms with Gasteiger partial charge in [-0.1, -0.05) is 140 Å². The highest BCUT2D eigenvalue weighted by Crippen LogP contribution is 2.47. The zero-order valence-electron chi connectivity index (χ0n) is 39.0. The second-order valence-electron chi connectivity index (χ2n) is 19.6. The molecule has 16 aromatic rings. The van der Waals surface area contributed by atoms with Crippen LogP contribution >= 0.6 is 11.3 Å². The number of hydrogen-bond acceptors (Lipinski definition) is 2. The van der Waals surface area contributed by atoms with Crippen molar-refractivity contribution in [3.05, 3.63) is 223 Å². The van der Waals surface area contributed by atoms with Crippen LogP contribution in [-0.2, 0) is 0 Å². The van der Waals surface area contributed by atoms with Crippen molar-refractivity contribution in [2.24, 2.45) is 0 Å². The third-order valence-corrected chi connectivity index (χ3v) is 17.0. The van der Waals surface area contributed by atoms with Crippen molar-refractivity contribution in [1.82, 2.24) is 4.57 Å². The standard InChI is InChI=1S/C68H41NOS/c1-38-31-54-52-26-27-62-68(53-16-7-9-17-61(53)69(62)44-23-30-66-60(37-44)50-15-8-10-18-65(50)71-66)67(52)51-25-20-41(34-57(51)55(54)32-39(38)2)43-22-29-64-59(36-43)58-35-42(21-28-63(58)70-64)40-19-24-49-47-13-4-3-11-45(47)46-12-5-6-14-48(46)56(49)33-40/h3-37H,1-2H3. The summed E-state index contributed by atoms with van der Waals surface area (Å²) in [7, 11) is 0. The van der Waals surface area contributed by atoms with Crippen molar-refractivity contribution < 1.29 is 4.42 Å². The van der Waals surface area contributed by atoms with E-state index in [-0.39, 0.29) is 0 Å². The molecule has 0 aliphatic rings. The predicted molar refractivity (Wildman–Crippen MR) is 306 cm³/mol. The zero-order chi connectivity index (χ0) is 46.6. The van der Waals surface area contributed by atoms with Crippen molar-refractivity contribution >= 4 is 140 Å². The number of hydrogen-bond donors (Lipinski definition) is 0. The molecule has 3 heterocycles. The van der Waals surface area contributed by atoms with E-state index in [9.17, 15) is 0 Å². The topological polar surface area (TPSA) is 18.1 Å². The first-order valence-electron chi connectivity index (χ1n) is 24.6. The highest BCUT2D eigenvalue weighted by Gasteiger charge is 2.21. The average molecular weight is 920 g/mol. The summed E-state index contributed by atoms with van der Waals surface area (Å²) in [5, 5.41) is 22.8. The second-order valence-corrected chi connectivity index (χ2v) is 20.7. The van der Waals surface area contributed by atoms with Gasteiger partial charge in [-0.2, -0.15) is 0 Å². The molecule has 0 saturated carbocycles. The van der Waals surface area contributed by atoms with E-state index in [1.807, 2.05) is 11.3 Å². The molecule has 71 heavy (non-hydrogen) atoms. The summed E-state index contributed by atoms with van der Waals surface area (Å²) < 4.78 is 11.7. The minimum Gasteiger partial charge on any atom is -0.456 e. The Kier molecular flexibility index (Phi) is 7.93. The van der Waals surface area contributed by atoms with Crippen LogP contribution in [0, 0.1) is 13.8 Å². The molecule has 16 rings (SSSR count). The van der Waals surface area contributed by atoms with Crippen LogP contribution in [0.25, 0.3) is 156 Å². The van der Waals surface area contributed by atoms with Crippen LogP contribution < -0.4 is 0 Å². The molecule has 0 atom stereocenters. The second kappa shape index (κ2) is 14.4. The van der Waals surface area contributed by atoms with Crippen molar-refractivity contribution in [1.29, 1.82) is 0 Å². The molecular formula is C68H41NOS. The number of para-hydroxylation sites is 1. The highest BCUT2D eigenvalue weighted by atomic mass is 32.1. The molecule has 0 fully saturated rings. The maximum absolute atomic E-state index is 6.55. The predicted octanol–water partition coefficient (Wildman–Crippen LogP) is 19.9. The van der Waals surface area contributed by atoms with Crippen LogP contribution in [-0.4, -0.2) is 4.57 Å². The van der Waals surface area contributed by atoms with Crippen LogP contribution in [0.5, 0.6) is 0 Å². The maximum Gasteiger partial charge on any atom is 0.135 e. The number of nitrogens with zero attached hydrogens (tertiary/aromatic N) is 1. The fourth-order valence-corrected chi connectivity index (χ4v) is 13.4. The number of aromatic nitrogens is 1. The van der Waals surface area contributed by atoms with Gasteiger partial charge in [0.1, 0.15) is 11.2 Å². The van der Waals surface area contributed by atoms with Crippen molar-refractivity contribution in [2.75, 3.05) is 0 Å². The molecule has 0 aliphatic heterocycles. The minimum atomic E-state index is 0.894. The number of benzene rings is 13. The van der Waals surface area contributed by atoms with E-state index in [1.54, 1.807) is 0 Å².